The van der Waals surface area contributed by atoms with Gasteiger partial charge in [0.25, 0.3) is 0 Å². The summed E-state index contributed by atoms with van der Waals surface area (Å²) in [5.41, 5.74) is 0.801. The van der Waals surface area contributed by atoms with Gasteiger partial charge >= 0.3 is 0 Å². The highest BCUT2D eigenvalue weighted by Gasteiger charge is 2.41. The van der Waals surface area contributed by atoms with Crippen LogP contribution in [0.2, 0.25) is 0 Å². The van der Waals surface area contributed by atoms with Crippen LogP contribution < -0.4 is 9.64 Å². The first-order chi connectivity index (χ1) is 13.8. The smallest absolute Gasteiger partial charge is 0.232 e. The van der Waals surface area contributed by atoms with Crippen molar-refractivity contribution in [1.82, 2.24) is 9.80 Å². The molecule has 1 aromatic carbocycles. The molecule has 1 aromatic rings. The van der Waals surface area contributed by atoms with Crippen LogP contribution in [0.25, 0.3) is 0 Å². The quantitative estimate of drug-likeness (QED) is 0.608. The van der Waals surface area contributed by atoms with Crippen molar-refractivity contribution in [3.63, 3.8) is 0 Å². The number of imide groups is 1. The number of para-hydroxylation sites is 1. The SMILES string of the molecule is CC(C)Oc1c(F)cccc1N1CCN(CCCN2C(=O)C(C)C(C)C2=O)CC1.Cl. The molecule has 2 unspecified atom stereocenters. The summed E-state index contributed by atoms with van der Waals surface area (Å²) in [6.45, 7) is 12.0. The van der Waals surface area contributed by atoms with Crippen LogP contribution >= 0.6 is 12.4 Å². The lowest BCUT2D eigenvalue weighted by Crippen LogP contribution is -2.47. The van der Waals surface area contributed by atoms with E-state index in [9.17, 15) is 14.0 Å². The number of anilines is 1. The summed E-state index contributed by atoms with van der Waals surface area (Å²) in [5.74, 6) is -0.515. The van der Waals surface area contributed by atoms with E-state index < -0.39 is 0 Å². The summed E-state index contributed by atoms with van der Waals surface area (Å²) in [4.78, 5) is 30.3. The van der Waals surface area contributed by atoms with Crippen molar-refractivity contribution < 1.29 is 18.7 Å². The van der Waals surface area contributed by atoms with Gasteiger partial charge in [0, 0.05) is 44.6 Å². The van der Waals surface area contributed by atoms with Gasteiger partial charge in [-0.2, -0.15) is 0 Å². The second-order valence-corrected chi connectivity index (χ2v) is 8.34. The number of hydrogen-bond donors (Lipinski definition) is 0. The molecule has 2 atom stereocenters. The zero-order valence-electron chi connectivity index (χ0n) is 18.3. The Bertz CT molecular complexity index is 733. The van der Waals surface area contributed by atoms with Crippen LogP contribution in [-0.2, 0) is 9.59 Å². The lowest BCUT2D eigenvalue weighted by molar-refractivity contribution is -0.139. The zero-order valence-corrected chi connectivity index (χ0v) is 19.1. The third kappa shape index (κ3) is 5.24. The van der Waals surface area contributed by atoms with Gasteiger partial charge in [0.2, 0.25) is 11.8 Å². The van der Waals surface area contributed by atoms with Crippen molar-refractivity contribution in [1.29, 1.82) is 0 Å². The normalized spacial score (nSPS) is 22.6. The maximum Gasteiger partial charge on any atom is 0.232 e. The topological polar surface area (TPSA) is 53.1 Å². The molecular weight excluding hydrogens is 409 g/mol. The van der Waals surface area contributed by atoms with E-state index in [0.29, 0.717) is 12.3 Å². The molecule has 2 fully saturated rings. The fourth-order valence-electron chi connectivity index (χ4n) is 4.01. The van der Waals surface area contributed by atoms with Crippen LogP contribution in [0.3, 0.4) is 0 Å². The molecule has 168 valence electrons. The van der Waals surface area contributed by atoms with Gasteiger partial charge < -0.3 is 9.64 Å². The fraction of sp³-hybridized carbons (Fsp3) is 0.636. The minimum atomic E-state index is -0.331. The minimum Gasteiger partial charge on any atom is -0.486 e. The van der Waals surface area contributed by atoms with Crippen LogP contribution in [-0.4, -0.2) is 67.0 Å². The second kappa shape index (κ2) is 10.4. The summed E-state index contributed by atoms with van der Waals surface area (Å²) in [7, 11) is 0. The third-order valence-electron chi connectivity index (χ3n) is 5.93. The number of halogens is 2. The average molecular weight is 442 g/mol. The van der Waals surface area contributed by atoms with Crippen molar-refractivity contribution in [2.45, 2.75) is 40.2 Å². The molecular formula is C22H33ClFN3O3. The summed E-state index contributed by atoms with van der Waals surface area (Å²) in [6, 6.07) is 5.06. The number of nitrogens with zero attached hydrogens (tertiary/aromatic N) is 3. The number of rotatable bonds is 7. The highest BCUT2D eigenvalue weighted by Crippen LogP contribution is 2.32. The predicted molar refractivity (Wildman–Crippen MR) is 118 cm³/mol. The Kier molecular flexibility index (Phi) is 8.50. The van der Waals surface area contributed by atoms with Gasteiger partial charge in [0.1, 0.15) is 0 Å². The van der Waals surface area contributed by atoms with E-state index in [0.717, 1.165) is 44.8 Å². The molecule has 2 amide bonds. The van der Waals surface area contributed by atoms with Gasteiger partial charge in [-0.25, -0.2) is 4.39 Å². The van der Waals surface area contributed by atoms with E-state index in [2.05, 4.69) is 9.80 Å². The molecule has 30 heavy (non-hydrogen) atoms. The zero-order chi connectivity index (χ0) is 21.1. The van der Waals surface area contributed by atoms with E-state index in [4.69, 9.17) is 4.74 Å². The fourth-order valence-corrected chi connectivity index (χ4v) is 4.01. The first-order valence-electron chi connectivity index (χ1n) is 10.6. The van der Waals surface area contributed by atoms with Crippen LogP contribution in [0.5, 0.6) is 5.75 Å². The van der Waals surface area contributed by atoms with Crippen molar-refractivity contribution >= 4 is 29.9 Å². The van der Waals surface area contributed by atoms with Gasteiger partial charge in [-0.05, 0) is 38.9 Å². The number of amides is 2. The largest absolute Gasteiger partial charge is 0.486 e. The lowest BCUT2D eigenvalue weighted by atomic mass is 10.00. The Morgan fingerprint density at radius 2 is 1.63 bits per heavy atom. The molecule has 0 aromatic heterocycles. The number of hydrogen-bond acceptors (Lipinski definition) is 5. The number of benzene rings is 1. The molecule has 0 aliphatic carbocycles. The first-order valence-corrected chi connectivity index (χ1v) is 10.6. The molecule has 8 heteroatoms. The monoisotopic (exact) mass is 441 g/mol. The first kappa shape index (κ1) is 24.4. The standard InChI is InChI=1S/C22H32FN3O3.ClH/c1-15(2)29-20-18(23)7-5-8-19(20)25-13-11-24(12-14-25)9-6-10-26-21(27)16(3)17(4)22(26)28;/h5,7-8,15-17H,6,9-14H2,1-4H3;1H. The van der Waals surface area contributed by atoms with Crippen molar-refractivity contribution in [2.24, 2.45) is 11.8 Å². The highest BCUT2D eigenvalue weighted by molar-refractivity contribution is 6.04. The molecule has 6 nitrogen and oxygen atoms in total. The van der Waals surface area contributed by atoms with Gasteiger partial charge in [0.05, 0.1) is 11.8 Å². The highest BCUT2D eigenvalue weighted by atomic mass is 35.5. The maximum absolute atomic E-state index is 14.3. The van der Waals surface area contributed by atoms with E-state index >= 15 is 0 Å². The van der Waals surface area contributed by atoms with Crippen LogP contribution in [0.4, 0.5) is 10.1 Å². The van der Waals surface area contributed by atoms with E-state index in [1.54, 1.807) is 6.07 Å². The summed E-state index contributed by atoms with van der Waals surface area (Å²) < 4.78 is 20.0. The summed E-state index contributed by atoms with van der Waals surface area (Å²) in [5, 5.41) is 0. The van der Waals surface area contributed by atoms with E-state index in [1.807, 2.05) is 33.8 Å². The molecule has 0 radical (unpaired) electrons. The third-order valence-corrected chi connectivity index (χ3v) is 5.93. The predicted octanol–water partition coefficient (Wildman–Crippen LogP) is 3.19. The molecule has 0 N–H and O–H groups in total. The number of carbonyl (C=O) groups is 2. The summed E-state index contributed by atoms with van der Waals surface area (Å²) >= 11 is 0. The number of carbonyl (C=O) groups excluding carboxylic acids is 2. The van der Waals surface area contributed by atoms with Crippen molar-refractivity contribution in [2.75, 3.05) is 44.2 Å². The lowest BCUT2D eigenvalue weighted by Gasteiger charge is -2.37. The molecule has 2 saturated heterocycles. The molecule has 0 spiro atoms. The van der Waals surface area contributed by atoms with Crippen molar-refractivity contribution in [3.8, 4) is 5.75 Å². The molecule has 3 rings (SSSR count). The van der Waals surface area contributed by atoms with Crippen LogP contribution in [0.15, 0.2) is 18.2 Å². The number of likely N-dealkylation sites (tertiary alicyclic amines) is 1. The number of piperazine rings is 1. The second-order valence-electron chi connectivity index (χ2n) is 8.34. The Hall–Kier alpha value is -1.86. The van der Waals surface area contributed by atoms with Gasteiger partial charge in [-0.1, -0.05) is 19.9 Å². The average Bonchev–Trinajstić information content (AvgIpc) is 2.87. The molecule has 0 bridgehead atoms. The maximum atomic E-state index is 14.3. The van der Waals surface area contributed by atoms with E-state index in [1.165, 1.54) is 11.0 Å². The Balaban J connectivity index is 0.00000320. The van der Waals surface area contributed by atoms with Gasteiger partial charge in [-0.15, -0.1) is 12.4 Å². The molecule has 2 aliphatic rings. The van der Waals surface area contributed by atoms with Crippen LogP contribution in [0.1, 0.15) is 34.1 Å². The Morgan fingerprint density at radius 1 is 1.03 bits per heavy atom. The van der Waals surface area contributed by atoms with Gasteiger partial charge in [0.15, 0.2) is 11.6 Å². The molecule has 0 saturated carbocycles. The van der Waals surface area contributed by atoms with Crippen molar-refractivity contribution in [3.05, 3.63) is 24.0 Å². The van der Waals surface area contributed by atoms with E-state index in [-0.39, 0.29) is 48.0 Å². The molecule has 2 heterocycles. The van der Waals surface area contributed by atoms with Gasteiger partial charge in [-0.3, -0.25) is 19.4 Å². The Labute approximate surface area is 184 Å². The minimum absolute atomic E-state index is 0. The number of ether oxygens (including phenoxy) is 1. The summed E-state index contributed by atoms with van der Waals surface area (Å²) in [6.07, 6.45) is 0.687. The molecule has 2 aliphatic heterocycles. The van der Waals surface area contributed by atoms with Crippen LogP contribution in [0, 0.1) is 17.7 Å². The Morgan fingerprint density at radius 3 is 2.20 bits per heavy atom.